The van der Waals surface area contributed by atoms with Gasteiger partial charge in [0.15, 0.2) is 0 Å². The van der Waals surface area contributed by atoms with E-state index in [1.165, 1.54) is 0 Å². The van der Waals surface area contributed by atoms with Crippen LogP contribution in [-0.4, -0.2) is 19.0 Å². The average Bonchev–Trinajstić information content (AvgIpc) is 1.67. The molecule has 0 aliphatic carbocycles. The molecule has 0 fully saturated rings. The van der Waals surface area contributed by atoms with Crippen molar-refractivity contribution in [2.75, 3.05) is 6.67 Å². The lowest BCUT2D eigenvalue weighted by molar-refractivity contribution is 0.180. The minimum Gasteiger partial charge on any atom is -0.251 e. The third-order valence-electron chi connectivity index (χ3n) is 0.777. The zero-order chi connectivity index (χ0) is 6.57. The van der Waals surface area contributed by atoms with Crippen LogP contribution in [-0.2, 0) is 0 Å². The van der Waals surface area contributed by atoms with Crippen molar-refractivity contribution in [1.82, 2.24) is 0 Å². The standard InChI is InChI=1S/C5H8F3/c1-4(7)5(8)2-3-6/h4-5H,1-3H2. The van der Waals surface area contributed by atoms with Gasteiger partial charge in [-0.15, -0.1) is 0 Å². The zero-order valence-corrected chi connectivity index (χ0v) is 4.41. The molecule has 1 radical (unpaired) electrons. The van der Waals surface area contributed by atoms with Crippen LogP contribution in [0.4, 0.5) is 13.2 Å². The number of hydrogen-bond donors (Lipinski definition) is 0. The van der Waals surface area contributed by atoms with Crippen LogP contribution >= 0.6 is 0 Å². The molecule has 0 aromatic heterocycles. The van der Waals surface area contributed by atoms with Crippen LogP contribution in [0.25, 0.3) is 0 Å². The topological polar surface area (TPSA) is 0 Å². The minimum absolute atomic E-state index is 0.384. The number of hydrogen-bond acceptors (Lipinski definition) is 0. The summed E-state index contributed by atoms with van der Waals surface area (Å²) in [5, 5.41) is 0. The predicted molar refractivity (Wildman–Crippen MR) is 25.7 cm³/mol. The van der Waals surface area contributed by atoms with Gasteiger partial charge < -0.3 is 0 Å². The highest BCUT2D eigenvalue weighted by atomic mass is 19.2. The van der Waals surface area contributed by atoms with Crippen LogP contribution in [0, 0.1) is 6.92 Å². The molecule has 0 aromatic carbocycles. The Hall–Kier alpha value is -0.210. The second kappa shape index (κ2) is 3.75. The highest BCUT2D eigenvalue weighted by Crippen LogP contribution is 2.06. The van der Waals surface area contributed by atoms with E-state index in [2.05, 4.69) is 6.92 Å². The highest BCUT2D eigenvalue weighted by molar-refractivity contribution is 4.68. The van der Waals surface area contributed by atoms with Gasteiger partial charge in [-0.1, -0.05) is 0 Å². The maximum atomic E-state index is 11.8. The lowest BCUT2D eigenvalue weighted by Crippen LogP contribution is -2.13. The van der Waals surface area contributed by atoms with E-state index in [1.807, 2.05) is 0 Å². The van der Waals surface area contributed by atoms with Gasteiger partial charge in [0, 0.05) is 6.42 Å². The molecule has 0 rings (SSSR count). The first kappa shape index (κ1) is 7.79. The fourth-order valence-corrected chi connectivity index (χ4v) is 0.285. The number of alkyl halides is 3. The van der Waals surface area contributed by atoms with Gasteiger partial charge in [-0.05, 0) is 6.92 Å². The van der Waals surface area contributed by atoms with Crippen molar-refractivity contribution in [1.29, 1.82) is 0 Å². The Kier molecular flexibility index (Phi) is 3.65. The first-order valence-electron chi connectivity index (χ1n) is 2.35. The van der Waals surface area contributed by atoms with E-state index >= 15 is 0 Å². The minimum atomic E-state index is -1.79. The second-order valence-electron chi connectivity index (χ2n) is 1.51. The van der Waals surface area contributed by atoms with E-state index in [4.69, 9.17) is 0 Å². The Morgan fingerprint density at radius 2 is 1.88 bits per heavy atom. The fraction of sp³-hybridized carbons (Fsp3) is 0.800. The van der Waals surface area contributed by atoms with Crippen molar-refractivity contribution >= 4 is 0 Å². The van der Waals surface area contributed by atoms with E-state index in [0.717, 1.165) is 0 Å². The summed E-state index contributed by atoms with van der Waals surface area (Å²) in [5.41, 5.74) is 0. The molecule has 0 aliphatic heterocycles. The van der Waals surface area contributed by atoms with Crippen LogP contribution in [0.3, 0.4) is 0 Å². The van der Waals surface area contributed by atoms with Gasteiger partial charge in [-0.2, -0.15) is 0 Å². The maximum Gasteiger partial charge on any atom is 0.134 e. The summed E-state index contributed by atoms with van der Waals surface area (Å²) in [5.74, 6) is 0. The second-order valence-corrected chi connectivity index (χ2v) is 1.51. The molecule has 2 atom stereocenters. The van der Waals surface area contributed by atoms with Crippen molar-refractivity contribution in [2.24, 2.45) is 0 Å². The van der Waals surface area contributed by atoms with Gasteiger partial charge in [0.25, 0.3) is 0 Å². The average molecular weight is 125 g/mol. The van der Waals surface area contributed by atoms with Gasteiger partial charge in [0.05, 0.1) is 6.67 Å². The summed E-state index contributed by atoms with van der Waals surface area (Å²) >= 11 is 0. The van der Waals surface area contributed by atoms with E-state index in [0.29, 0.717) is 0 Å². The van der Waals surface area contributed by atoms with Crippen LogP contribution in [0.15, 0.2) is 0 Å². The SMILES string of the molecule is [CH2]C(F)C(F)CCF. The van der Waals surface area contributed by atoms with Crippen LogP contribution in [0.5, 0.6) is 0 Å². The first-order chi connectivity index (χ1) is 3.68. The Bertz CT molecular complexity index is 53.6. The monoisotopic (exact) mass is 125 g/mol. The molecule has 0 aliphatic rings. The van der Waals surface area contributed by atoms with Crippen molar-refractivity contribution in [3.63, 3.8) is 0 Å². The number of rotatable bonds is 3. The van der Waals surface area contributed by atoms with Gasteiger partial charge in [0.2, 0.25) is 0 Å². The summed E-state index contributed by atoms with van der Waals surface area (Å²) in [6, 6.07) is 0. The molecule has 0 N–H and O–H groups in total. The Balaban J connectivity index is 3.17. The highest BCUT2D eigenvalue weighted by Gasteiger charge is 2.13. The molecule has 0 spiro atoms. The summed E-state index contributed by atoms with van der Waals surface area (Å²) < 4.78 is 34.6. The van der Waals surface area contributed by atoms with Crippen LogP contribution < -0.4 is 0 Å². The Morgan fingerprint density at radius 1 is 1.38 bits per heavy atom. The summed E-state index contributed by atoms with van der Waals surface area (Å²) in [7, 11) is 0. The Labute approximate surface area is 46.7 Å². The first-order valence-corrected chi connectivity index (χ1v) is 2.35. The van der Waals surface area contributed by atoms with Gasteiger partial charge in [-0.3, -0.25) is 4.39 Å². The van der Waals surface area contributed by atoms with Crippen LogP contribution in [0.2, 0.25) is 0 Å². The van der Waals surface area contributed by atoms with Crippen molar-refractivity contribution in [3.05, 3.63) is 6.92 Å². The summed E-state index contributed by atoms with van der Waals surface area (Å²) in [6.07, 6.45) is -3.91. The fourth-order valence-electron chi connectivity index (χ4n) is 0.285. The van der Waals surface area contributed by atoms with Crippen molar-refractivity contribution < 1.29 is 13.2 Å². The lowest BCUT2D eigenvalue weighted by Gasteiger charge is -2.03. The lowest BCUT2D eigenvalue weighted by atomic mass is 10.2. The van der Waals surface area contributed by atoms with Crippen molar-refractivity contribution in [3.8, 4) is 0 Å². The van der Waals surface area contributed by atoms with Crippen molar-refractivity contribution in [2.45, 2.75) is 18.8 Å². The van der Waals surface area contributed by atoms with Gasteiger partial charge >= 0.3 is 0 Å². The quantitative estimate of drug-likeness (QED) is 0.540. The third-order valence-corrected chi connectivity index (χ3v) is 0.777. The van der Waals surface area contributed by atoms with E-state index in [-0.39, 0.29) is 6.42 Å². The predicted octanol–water partition coefficient (Wildman–Crippen LogP) is 1.86. The van der Waals surface area contributed by atoms with Crippen LogP contribution in [0.1, 0.15) is 6.42 Å². The maximum absolute atomic E-state index is 11.8. The third kappa shape index (κ3) is 2.88. The molecule has 0 heterocycles. The summed E-state index contributed by atoms with van der Waals surface area (Å²) in [4.78, 5) is 0. The molecule has 0 saturated carbocycles. The van der Waals surface area contributed by atoms with Gasteiger partial charge in [0.1, 0.15) is 12.3 Å². The molecule has 0 bridgehead atoms. The molecule has 0 amide bonds. The Morgan fingerprint density at radius 3 is 2.00 bits per heavy atom. The normalized spacial score (nSPS) is 18.0. The molecule has 0 saturated heterocycles. The number of halogens is 3. The zero-order valence-electron chi connectivity index (χ0n) is 4.41. The molecule has 2 unspecified atom stereocenters. The van der Waals surface area contributed by atoms with Gasteiger partial charge in [-0.25, -0.2) is 8.78 Å². The molecule has 49 valence electrons. The molecule has 3 heteroatoms. The largest absolute Gasteiger partial charge is 0.251 e. The summed E-state index contributed by atoms with van der Waals surface area (Å²) in [6.45, 7) is 1.93. The van der Waals surface area contributed by atoms with E-state index in [9.17, 15) is 13.2 Å². The molecular formula is C5H8F3. The molecule has 0 nitrogen and oxygen atoms in total. The molecule has 8 heavy (non-hydrogen) atoms. The van der Waals surface area contributed by atoms with E-state index in [1.54, 1.807) is 0 Å². The van der Waals surface area contributed by atoms with E-state index < -0.39 is 19.0 Å². The smallest absolute Gasteiger partial charge is 0.134 e. The molecule has 0 aromatic rings. The molecular weight excluding hydrogens is 117 g/mol.